The predicted molar refractivity (Wildman–Crippen MR) is 65.6 cm³/mol. The van der Waals surface area contributed by atoms with Crippen LogP contribution >= 0.6 is 15.9 Å². The van der Waals surface area contributed by atoms with E-state index in [2.05, 4.69) is 15.9 Å². The van der Waals surface area contributed by atoms with Crippen LogP contribution in [0.5, 0.6) is 5.75 Å². The van der Waals surface area contributed by atoms with Crippen LogP contribution in [0.25, 0.3) is 0 Å². The lowest BCUT2D eigenvalue weighted by molar-refractivity contribution is -0.143. The van der Waals surface area contributed by atoms with Gasteiger partial charge in [-0.2, -0.15) is 0 Å². The molecule has 0 heterocycles. The molecule has 88 valence electrons. The third-order valence-electron chi connectivity index (χ3n) is 2.57. The number of rotatable bonds is 5. The highest BCUT2D eigenvalue weighted by Gasteiger charge is 2.19. The monoisotopic (exact) mass is 286 g/mol. The average Bonchev–Trinajstić information content (AvgIpc) is 2.26. The molecule has 0 aliphatic heterocycles. The van der Waals surface area contributed by atoms with Crippen LogP contribution < -0.4 is 4.74 Å². The summed E-state index contributed by atoms with van der Waals surface area (Å²) in [4.78, 5) is 10.7. The number of benzene rings is 1. The Kier molecular flexibility index (Phi) is 4.80. The van der Waals surface area contributed by atoms with E-state index in [-0.39, 0.29) is 5.92 Å². The largest absolute Gasteiger partial charge is 0.493 e. The molecule has 0 saturated heterocycles. The molecule has 2 unspecified atom stereocenters. The number of carboxylic acids is 1. The summed E-state index contributed by atoms with van der Waals surface area (Å²) in [7, 11) is 0. The molecule has 0 fully saturated rings. The first kappa shape index (κ1) is 13.0. The lowest BCUT2D eigenvalue weighted by Crippen LogP contribution is -2.23. The van der Waals surface area contributed by atoms with Crippen molar-refractivity contribution in [3.05, 3.63) is 28.7 Å². The lowest BCUT2D eigenvalue weighted by atomic mass is 9.97. The summed E-state index contributed by atoms with van der Waals surface area (Å²) in [5.41, 5.74) is 0. The third-order valence-corrected chi connectivity index (χ3v) is 3.10. The van der Waals surface area contributed by atoms with E-state index in [9.17, 15) is 4.79 Å². The van der Waals surface area contributed by atoms with E-state index in [4.69, 9.17) is 9.84 Å². The molecule has 0 aliphatic carbocycles. The molecule has 1 aromatic rings. The van der Waals surface area contributed by atoms with Crippen molar-refractivity contribution in [3.8, 4) is 5.75 Å². The number of ether oxygens (including phenoxy) is 1. The Morgan fingerprint density at radius 1 is 1.38 bits per heavy atom. The lowest BCUT2D eigenvalue weighted by Gasteiger charge is -2.16. The van der Waals surface area contributed by atoms with E-state index < -0.39 is 11.9 Å². The topological polar surface area (TPSA) is 46.5 Å². The number of hydrogen-bond donors (Lipinski definition) is 1. The number of carbonyl (C=O) groups is 1. The highest BCUT2D eigenvalue weighted by atomic mass is 79.9. The van der Waals surface area contributed by atoms with E-state index in [1.165, 1.54) is 0 Å². The van der Waals surface area contributed by atoms with Crippen LogP contribution in [0, 0.1) is 11.8 Å². The van der Waals surface area contributed by atoms with E-state index in [1.54, 1.807) is 6.92 Å². The molecule has 0 spiro atoms. The molecule has 0 bridgehead atoms. The zero-order chi connectivity index (χ0) is 12.1. The Labute approximate surface area is 104 Å². The second kappa shape index (κ2) is 5.89. The van der Waals surface area contributed by atoms with Gasteiger partial charge >= 0.3 is 5.97 Å². The molecule has 0 aliphatic rings. The first-order valence-electron chi connectivity index (χ1n) is 5.12. The smallest absolute Gasteiger partial charge is 0.306 e. The van der Waals surface area contributed by atoms with E-state index in [1.807, 2.05) is 31.2 Å². The van der Waals surface area contributed by atoms with Gasteiger partial charge in [0, 0.05) is 10.4 Å². The Balaban J connectivity index is 2.45. The maximum atomic E-state index is 10.7. The van der Waals surface area contributed by atoms with Gasteiger partial charge in [-0.05, 0) is 24.3 Å². The fraction of sp³-hybridized carbons (Fsp3) is 0.417. The molecular formula is C12H15BrO3. The highest BCUT2D eigenvalue weighted by molar-refractivity contribution is 9.10. The summed E-state index contributed by atoms with van der Waals surface area (Å²) in [6.07, 6.45) is 0. The molecule has 0 aromatic heterocycles. The van der Waals surface area contributed by atoms with Gasteiger partial charge in [0.1, 0.15) is 5.75 Å². The van der Waals surface area contributed by atoms with Crippen molar-refractivity contribution < 1.29 is 14.6 Å². The first-order chi connectivity index (χ1) is 7.50. The molecule has 2 atom stereocenters. The maximum absolute atomic E-state index is 10.7. The van der Waals surface area contributed by atoms with Gasteiger partial charge in [-0.15, -0.1) is 0 Å². The minimum absolute atomic E-state index is 0.0128. The standard InChI is InChI=1S/C12H15BrO3/c1-8(9(2)12(14)15)7-16-11-5-3-10(13)4-6-11/h3-6,8-9H,7H2,1-2H3,(H,14,15). The quantitative estimate of drug-likeness (QED) is 0.904. The molecule has 1 rings (SSSR count). The van der Waals surface area contributed by atoms with Crippen LogP contribution in [-0.4, -0.2) is 17.7 Å². The Morgan fingerprint density at radius 2 is 1.94 bits per heavy atom. The van der Waals surface area contributed by atoms with E-state index >= 15 is 0 Å². The fourth-order valence-corrected chi connectivity index (χ4v) is 1.41. The van der Waals surface area contributed by atoms with Crippen molar-refractivity contribution in [3.63, 3.8) is 0 Å². The van der Waals surface area contributed by atoms with Gasteiger partial charge in [0.05, 0.1) is 12.5 Å². The molecule has 0 radical (unpaired) electrons. The zero-order valence-electron chi connectivity index (χ0n) is 9.31. The SMILES string of the molecule is CC(COc1ccc(Br)cc1)C(C)C(=O)O. The van der Waals surface area contributed by atoms with Gasteiger partial charge < -0.3 is 9.84 Å². The molecule has 1 N–H and O–H groups in total. The van der Waals surface area contributed by atoms with Gasteiger partial charge in [0.25, 0.3) is 0 Å². The molecule has 3 nitrogen and oxygen atoms in total. The molecular weight excluding hydrogens is 272 g/mol. The fourth-order valence-electron chi connectivity index (χ4n) is 1.15. The van der Waals surface area contributed by atoms with Crippen molar-refractivity contribution in [1.29, 1.82) is 0 Å². The minimum atomic E-state index is -0.785. The average molecular weight is 287 g/mol. The number of carboxylic acid groups (broad SMARTS) is 1. The summed E-state index contributed by atoms with van der Waals surface area (Å²) in [6, 6.07) is 7.48. The van der Waals surface area contributed by atoms with Crippen LogP contribution in [-0.2, 0) is 4.79 Å². The summed E-state index contributed by atoms with van der Waals surface area (Å²) < 4.78 is 6.50. The summed E-state index contributed by atoms with van der Waals surface area (Å²) >= 11 is 3.33. The normalized spacial score (nSPS) is 14.2. The Bertz CT molecular complexity index is 348. The van der Waals surface area contributed by atoms with Crippen molar-refractivity contribution in [1.82, 2.24) is 0 Å². The molecule has 0 amide bonds. The molecule has 1 aromatic carbocycles. The molecule has 16 heavy (non-hydrogen) atoms. The van der Waals surface area contributed by atoms with Crippen molar-refractivity contribution in [2.45, 2.75) is 13.8 Å². The number of aliphatic carboxylic acids is 1. The van der Waals surface area contributed by atoms with E-state index in [0.717, 1.165) is 10.2 Å². The van der Waals surface area contributed by atoms with Crippen molar-refractivity contribution >= 4 is 21.9 Å². The molecule has 0 saturated carbocycles. The van der Waals surface area contributed by atoms with Gasteiger partial charge in [0.2, 0.25) is 0 Å². The van der Waals surface area contributed by atoms with E-state index in [0.29, 0.717) is 6.61 Å². The number of halogens is 1. The third kappa shape index (κ3) is 3.85. The number of hydrogen-bond acceptors (Lipinski definition) is 2. The van der Waals surface area contributed by atoms with Gasteiger partial charge in [-0.1, -0.05) is 29.8 Å². The van der Waals surface area contributed by atoms with Gasteiger partial charge in [0.15, 0.2) is 0 Å². The zero-order valence-corrected chi connectivity index (χ0v) is 10.9. The van der Waals surface area contributed by atoms with Crippen molar-refractivity contribution in [2.75, 3.05) is 6.61 Å². The second-order valence-corrected chi connectivity index (χ2v) is 4.78. The highest BCUT2D eigenvalue weighted by Crippen LogP contribution is 2.18. The van der Waals surface area contributed by atoms with Crippen LogP contribution in [0.15, 0.2) is 28.7 Å². The summed E-state index contributed by atoms with van der Waals surface area (Å²) in [5, 5.41) is 8.82. The first-order valence-corrected chi connectivity index (χ1v) is 5.91. The van der Waals surface area contributed by atoms with Crippen LogP contribution in [0.1, 0.15) is 13.8 Å². The van der Waals surface area contributed by atoms with Gasteiger partial charge in [-0.25, -0.2) is 0 Å². The van der Waals surface area contributed by atoms with Gasteiger partial charge in [-0.3, -0.25) is 4.79 Å². The Hall–Kier alpha value is -1.03. The Morgan fingerprint density at radius 3 is 2.44 bits per heavy atom. The van der Waals surface area contributed by atoms with Crippen LogP contribution in [0.2, 0.25) is 0 Å². The molecule has 4 heteroatoms. The van der Waals surface area contributed by atoms with Crippen LogP contribution in [0.3, 0.4) is 0 Å². The van der Waals surface area contributed by atoms with Crippen LogP contribution in [0.4, 0.5) is 0 Å². The summed E-state index contributed by atoms with van der Waals surface area (Å²) in [5.74, 6) is -0.434. The minimum Gasteiger partial charge on any atom is -0.493 e. The predicted octanol–water partition coefficient (Wildman–Crippen LogP) is 3.18. The van der Waals surface area contributed by atoms with Crippen molar-refractivity contribution in [2.24, 2.45) is 11.8 Å². The second-order valence-electron chi connectivity index (χ2n) is 3.87. The maximum Gasteiger partial charge on any atom is 0.306 e. The summed E-state index contributed by atoms with van der Waals surface area (Å²) in [6.45, 7) is 3.98.